The molecule has 37 heavy (non-hydrogen) atoms. The van der Waals surface area contributed by atoms with Crippen molar-refractivity contribution in [1.82, 2.24) is 4.57 Å². The molecule has 0 fully saturated rings. The normalized spacial score (nSPS) is 12.4. The molecule has 1 heterocycles. The molecule has 0 aliphatic rings. The first-order valence-corrected chi connectivity index (χ1v) is 13.3. The zero-order chi connectivity index (χ0) is 26.7. The third-order valence-electron chi connectivity index (χ3n) is 5.99. The Labute approximate surface area is 229 Å². The fourth-order valence-electron chi connectivity index (χ4n) is 4.04. The molecule has 3 aromatic carbocycles. The maximum Gasteiger partial charge on any atom is 0.273 e. The number of aryl methyl sites for hydroxylation is 3. The molecular weight excluding hydrogens is 523 g/mol. The molecule has 0 saturated carbocycles. The summed E-state index contributed by atoms with van der Waals surface area (Å²) in [5, 5.41) is 11.0. The van der Waals surface area contributed by atoms with Gasteiger partial charge in [0.05, 0.1) is 10.2 Å². The van der Waals surface area contributed by atoms with Gasteiger partial charge in [-0.2, -0.15) is 5.26 Å². The van der Waals surface area contributed by atoms with Gasteiger partial charge >= 0.3 is 0 Å². The first-order chi connectivity index (χ1) is 17.7. The van der Waals surface area contributed by atoms with Crippen molar-refractivity contribution in [3.63, 3.8) is 0 Å². The van der Waals surface area contributed by atoms with Gasteiger partial charge in [-0.05, 0) is 66.8 Å². The van der Waals surface area contributed by atoms with Gasteiger partial charge in [0.15, 0.2) is 0 Å². The van der Waals surface area contributed by atoms with Gasteiger partial charge in [-0.25, -0.2) is 0 Å². The molecular formula is C30H24Cl2N2O2S. The maximum absolute atomic E-state index is 13.8. The molecule has 4 aromatic rings. The number of rotatable bonds is 6. The van der Waals surface area contributed by atoms with E-state index in [0.717, 1.165) is 40.9 Å². The number of carbonyl (C=O) groups excluding carboxylic acids is 1. The summed E-state index contributed by atoms with van der Waals surface area (Å²) in [5.41, 5.74) is 4.13. The Morgan fingerprint density at radius 1 is 1.05 bits per heavy atom. The van der Waals surface area contributed by atoms with Crippen LogP contribution in [-0.2, 0) is 6.42 Å². The van der Waals surface area contributed by atoms with Crippen LogP contribution in [0.1, 0.15) is 46.0 Å². The third kappa shape index (κ3) is 5.62. The van der Waals surface area contributed by atoms with Crippen molar-refractivity contribution in [2.75, 3.05) is 0 Å². The molecule has 0 spiro atoms. The predicted octanol–water partition coefficient (Wildman–Crippen LogP) is 6.16. The van der Waals surface area contributed by atoms with E-state index in [1.165, 1.54) is 4.57 Å². The van der Waals surface area contributed by atoms with Crippen LogP contribution in [0.25, 0.3) is 17.3 Å². The average Bonchev–Trinajstić information content (AvgIpc) is 3.18. The van der Waals surface area contributed by atoms with Gasteiger partial charge in [0, 0.05) is 15.6 Å². The lowest BCUT2D eigenvalue weighted by Gasteiger charge is -2.09. The Balaban J connectivity index is 2.04. The molecule has 0 aliphatic carbocycles. The van der Waals surface area contributed by atoms with Crippen LogP contribution in [-0.4, -0.2) is 10.4 Å². The summed E-state index contributed by atoms with van der Waals surface area (Å²) >= 11 is 13.5. The molecule has 1 aromatic heterocycles. The molecule has 0 aliphatic heterocycles. The zero-order valence-electron chi connectivity index (χ0n) is 20.6. The fraction of sp³-hybridized carbons (Fsp3) is 0.167. The van der Waals surface area contributed by atoms with Gasteiger partial charge in [-0.1, -0.05) is 79.0 Å². The van der Waals surface area contributed by atoms with E-state index in [9.17, 15) is 14.9 Å². The van der Waals surface area contributed by atoms with Crippen molar-refractivity contribution >= 4 is 52.0 Å². The highest BCUT2D eigenvalue weighted by atomic mass is 35.5. The van der Waals surface area contributed by atoms with Crippen molar-refractivity contribution in [2.24, 2.45) is 0 Å². The van der Waals surface area contributed by atoms with E-state index in [0.29, 0.717) is 31.4 Å². The SMILES string of the molecule is CCCc1ccc(C(=O)/C(C#N)=c2\s/c(=C\c3ccc(Cl)cc3Cl)c(=O)n2-c2cc(C)ccc2C)cc1. The van der Waals surface area contributed by atoms with E-state index in [2.05, 4.69) is 13.0 Å². The average molecular weight is 548 g/mol. The quantitative estimate of drug-likeness (QED) is 0.272. The molecule has 0 amide bonds. The second-order valence-electron chi connectivity index (χ2n) is 8.77. The summed E-state index contributed by atoms with van der Waals surface area (Å²) in [5.74, 6) is -0.429. The minimum absolute atomic E-state index is 0.0897. The number of aromatic nitrogens is 1. The van der Waals surface area contributed by atoms with Crippen molar-refractivity contribution in [2.45, 2.75) is 33.6 Å². The standard InChI is InChI=1S/C30H24Cl2N2O2S/c1-4-5-20-8-10-21(11-9-20)28(35)24(17-33)30-34(26-14-18(2)6-7-19(26)3)29(36)27(37-30)15-22-12-13-23(31)16-25(22)32/h6-16H,4-5H2,1-3H3/b27-15-,30-24-. The third-order valence-corrected chi connectivity index (χ3v) is 7.64. The summed E-state index contributed by atoms with van der Waals surface area (Å²) in [6, 6.07) is 20.1. The molecule has 4 nitrogen and oxygen atoms in total. The Morgan fingerprint density at radius 3 is 2.43 bits per heavy atom. The summed E-state index contributed by atoms with van der Waals surface area (Å²) in [7, 11) is 0. The van der Waals surface area contributed by atoms with Crippen LogP contribution in [0.15, 0.2) is 65.5 Å². The van der Waals surface area contributed by atoms with Gasteiger partial charge in [-0.15, -0.1) is 11.3 Å². The molecule has 7 heteroatoms. The van der Waals surface area contributed by atoms with Gasteiger partial charge in [0.2, 0.25) is 5.78 Å². The Bertz CT molecular complexity index is 1730. The largest absolute Gasteiger partial charge is 0.288 e. The Hall–Kier alpha value is -3.43. The number of Topliss-reactive ketones (excluding diaryl/α,β-unsaturated/α-hetero) is 1. The smallest absolute Gasteiger partial charge is 0.273 e. The highest BCUT2D eigenvalue weighted by Crippen LogP contribution is 2.21. The number of nitrogens with zero attached hydrogens (tertiary/aromatic N) is 2. The highest BCUT2D eigenvalue weighted by Gasteiger charge is 2.19. The second kappa shape index (κ2) is 11.3. The molecule has 0 atom stereocenters. The van der Waals surface area contributed by atoms with Crippen LogP contribution in [0.3, 0.4) is 0 Å². The molecule has 0 bridgehead atoms. The molecule has 0 saturated heterocycles. The minimum atomic E-state index is -0.429. The number of thiazole rings is 1. The summed E-state index contributed by atoms with van der Waals surface area (Å²) in [6.45, 7) is 5.91. The van der Waals surface area contributed by atoms with E-state index in [1.54, 1.807) is 36.4 Å². The number of halogens is 2. The lowest BCUT2D eigenvalue weighted by atomic mass is 10.0. The van der Waals surface area contributed by atoms with Crippen molar-refractivity contribution in [3.8, 4) is 11.8 Å². The van der Waals surface area contributed by atoms with Crippen LogP contribution >= 0.6 is 34.5 Å². The molecule has 0 unspecified atom stereocenters. The monoisotopic (exact) mass is 546 g/mol. The van der Waals surface area contributed by atoms with Crippen molar-refractivity contribution in [3.05, 3.63) is 118 Å². The van der Waals surface area contributed by atoms with Gasteiger partial charge in [0.25, 0.3) is 5.56 Å². The lowest BCUT2D eigenvalue weighted by molar-refractivity contribution is 0.105. The van der Waals surface area contributed by atoms with Crippen molar-refractivity contribution in [1.29, 1.82) is 5.26 Å². The van der Waals surface area contributed by atoms with Gasteiger partial charge in [-0.3, -0.25) is 14.2 Å². The van der Waals surface area contributed by atoms with E-state index < -0.39 is 5.78 Å². The lowest BCUT2D eigenvalue weighted by Crippen LogP contribution is -2.32. The topological polar surface area (TPSA) is 62.9 Å². The number of benzene rings is 3. The van der Waals surface area contributed by atoms with Crippen molar-refractivity contribution < 1.29 is 4.79 Å². The minimum Gasteiger partial charge on any atom is -0.288 e. The van der Waals surface area contributed by atoms with E-state index in [1.807, 2.05) is 44.2 Å². The fourth-order valence-corrected chi connectivity index (χ4v) is 5.59. The number of hydrogen-bond donors (Lipinski definition) is 0. The summed E-state index contributed by atoms with van der Waals surface area (Å²) in [6.07, 6.45) is 3.57. The molecule has 186 valence electrons. The van der Waals surface area contributed by atoms with Crippen LogP contribution in [0, 0.1) is 25.2 Å². The van der Waals surface area contributed by atoms with E-state index in [-0.39, 0.29) is 15.8 Å². The maximum atomic E-state index is 13.8. The molecule has 0 radical (unpaired) electrons. The number of ketones is 1. The molecule has 4 rings (SSSR count). The second-order valence-corrected chi connectivity index (χ2v) is 10.6. The first-order valence-electron chi connectivity index (χ1n) is 11.8. The van der Waals surface area contributed by atoms with E-state index >= 15 is 0 Å². The highest BCUT2D eigenvalue weighted by molar-refractivity contribution is 7.07. The summed E-state index contributed by atoms with van der Waals surface area (Å²) < 4.78 is 2.09. The van der Waals surface area contributed by atoms with E-state index in [4.69, 9.17) is 23.2 Å². The van der Waals surface area contributed by atoms with Crippen LogP contribution in [0.5, 0.6) is 0 Å². The zero-order valence-corrected chi connectivity index (χ0v) is 23.0. The van der Waals surface area contributed by atoms with Crippen LogP contribution in [0.2, 0.25) is 10.0 Å². The Kier molecular flexibility index (Phi) is 8.14. The van der Waals surface area contributed by atoms with Gasteiger partial charge in [0.1, 0.15) is 16.3 Å². The van der Waals surface area contributed by atoms with Crippen LogP contribution < -0.4 is 14.8 Å². The molecule has 0 N–H and O–H groups in total. The predicted molar refractivity (Wildman–Crippen MR) is 152 cm³/mol. The number of hydrogen-bond acceptors (Lipinski definition) is 4. The Morgan fingerprint density at radius 2 is 1.78 bits per heavy atom. The van der Waals surface area contributed by atoms with Crippen LogP contribution in [0.4, 0.5) is 0 Å². The number of nitriles is 1. The summed E-state index contributed by atoms with van der Waals surface area (Å²) in [4.78, 5) is 27.3. The van der Waals surface area contributed by atoms with Gasteiger partial charge < -0.3 is 0 Å². The number of carbonyl (C=O) groups is 1. The first kappa shape index (κ1) is 26.6.